The maximum absolute atomic E-state index is 12.6. The Labute approximate surface area is 113 Å². The summed E-state index contributed by atoms with van der Waals surface area (Å²) >= 11 is 0. The molecular formula is C16H18O3. The summed E-state index contributed by atoms with van der Waals surface area (Å²) < 4.78 is 10.7. The van der Waals surface area contributed by atoms with E-state index in [2.05, 4.69) is 13.0 Å². The topological polar surface area (TPSA) is 35.5 Å². The first-order chi connectivity index (χ1) is 9.15. The van der Waals surface area contributed by atoms with Crippen molar-refractivity contribution in [3.8, 4) is 11.5 Å². The molecule has 0 unspecified atom stereocenters. The predicted octanol–water partition coefficient (Wildman–Crippen LogP) is 3.34. The van der Waals surface area contributed by atoms with E-state index in [1.165, 1.54) is 5.57 Å². The average molecular weight is 258 g/mol. The van der Waals surface area contributed by atoms with Crippen molar-refractivity contribution >= 4 is 5.78 Å². The van der Waals surface area contributed by atoms with E-state index >= 15 is 0 Å². The summed E-state index contributed by atoms with van der Waals surface area (Å²) in [5, 5.41) is 0. The van der Waals surface area contributed by atoms with E-state index in [1.54, 1.807) is 20.3 Å². The number of methoxy groups -OCH3 is 2. The highest BCUT2D eigenvalue weighted by molar-refractivity contribution is 6.06. The fourth-order valence-corrected chi connectivity index (χ4v) is 3.31. The van der Waals surface area contributed by atoms with Crippen LogP contribution in [-0.2, 0) is 0 Å². The monoisotopic (exact) mass is 258 g/mol. The van der Waals surface area contributed by atoms with Crippen LogP contribution < -0.4 is 9.47 Å². The summed E-state index contributed by atoms with van der Waals surface area (Å²) in [6, 6.07) is 3.80. The number of carbonyl (C=O) groups excluding carboxylic acids is 1. The molecule has 0 bridgehead atoms. The van der Waals surface area contributed by atoms with Crippen LogP contribution in [0.1, 0.15) is 41.6 Å². The Morgan fingerprint density at radius 3 is 2.63 bits per heavy atom. The second-order valence-electron chi connectivity index (χ2n) is 5.36. The van der Waals surface area contributed by atoms with E-state index in [9.17, 15) is 4.79 Å². The number of benzene rings is 1. The number of carbonyl (C=O) groups is 1. The maximum Gasteiger partial charge on any atom is 0.170 e. The maximum atomic E-state index is 12.6. The lowest BCUT2D eigenvalue weighted by molar-refractivity contribution is 0.0918. The van der Waals surface area contributed by atoms with Crippen LogP contribution >= 0.6 is 0 Å². The molecule has 0 spiro atoms. The van der Waals surface area contributed by atoms with Crippen molar-refractivity contribution in [2.75, 3.05) is 14.2 Å². The number of ketones is 1. The zero-order valence-electron chi connectivity index (χ0n) is 11.5. The largest absolute Gasteiger partial charge is 0.497 e. The van der Waals surface area contributed by atoms with Gasteiger partial charge >= 0.3 is 0 Å². The van der Waals surface area contributed by atoms with Crippen LogP contribution in [0.5, 0.6) is 11.5 Å². The molecule has 2 aliphatic carbocycles. The van der Waals surface area contributed by atoms with Crippen LogP contribution in [0, 0.1) is 5.92 Å². The van der Waals surface area contributed by atoms with E-state index in [1.807, 2.05) is 6.07 Å². The van der Waals surface area contributed by atoms with Crippen molar-refractivity contribution < 1.29 is 14.3 Å². The highest BCUT2D eigenvalue weighted by Gasteiger charge is 2.42. The number of allylic oxidation sites excluding steroid dienone is 2. The second-order valence-corrected chi connectivity index (χ2v) is 5.36. The van der Waals surface area contributed by atoms with Crippen molar-refractivity contribution in [1.82, 2.24) is 0 Å². The number of ether oxygens (including phenoxy) is 2. The quantitative estimate of drug-likeness (QED) is 0.763. The van der Waals surface area contributed by atoms with Gasteiger partial charge in [-0.15, -0.1) is 0 Å². The molecule has 0 fully saturated rings. The van der Waals surface area contributed by atoms with Crippen molar-refractivity contribution in [2.45, 2.75) is 25.7 Å². The third kappa shape index (κ3) is 1.76. The van der Waals surface area contributed by atoms with Crippen LogP contribution in [-0.4, -0.2) is 20.0 Å². The molecule has 100 valence electrons. The second kappa shape index (κ2) is 4.41. The van der Waals surface area contributed by atoms with Gasteiger partial charge in [0.2, 0.25) is 0 Å². The molecule has 2 atom stereocenters. The summed E-state index contributed by atoms with van der Waals surface area (Å²) in [5.74, 6) is 2.00. The summed E-state index contributed by atoms with van der Waals surface area (Å²) in [7, 11) is 3.25. The van der Waals surface area contributed by atoms with Gasteiger partial charge in [0.25, 0.3) is 0 Å². The molecule has 1 aromatic carbocycles. The minimum atomic E-state index is 0.0831. The smallest absolute Gasteiger partial charge is 0.170 e. The normalized spacial score (nSPS) is 24.6. The van der Waals surface area contributed by atoms with E-state index in [0.717, 1.165) is 29.7 Å². The Bertz CT molecular complexity index is 572. The predicted molar refractivity (Wildman–Crippen MR) is 73.1 cm³/mol. The Balaban J connectivity index is 2.15. The van der Waals surface area contributed by atoms with Crippen molar-refractivity contribution in [1.29, 1.82) is 0 Å². The van der Waals surface area contributed by atoms with Gasteiger partial charge < -0.3 is 9.47 Å². The fourth-order valence-electron chi connectivity index (χ4n) is 3.31. The molecule has 1 aromatic rings. The number of Topliss-reactive ketones (excluding diaryl/α,β-unsaturated/α-hetero) is 1. The number of rotatable bonds is 2. The lowest BCUT2D eigenvalue weighted by Crippen LogP contribution is -2.16. The van der Waals surface area contributed by atoms with Crippen LogP contribution in [0.4, 0.5) is 0 Å². The molecule has 3 heteroatoms. The fraction of sp³-hybridized carbons (Fsp3) is 0.438. The Kier molecular flexibility index (Phi) is 2.85. The zero-order valence-corrected chi connectivity index (χ0v) is 11.5. The molecular weight excluding hydrogens is 240 g/mol. The summed E-state index contributed by atoms with van der Waals surface area (Å²) in [6.07, 6.45) is 3.99. The van der Waals surface area contributed by atoms with Gasteiger partial charge in [-0.05, 0) is 37.3 Å². The molecule has 0 heterocycles. The van der Waals surface area contributed by atoms with Gasteiger partial charge in [0.15, 0.2) is 5.78 Å². The molecule has 3 rings (SSSR count). The first-order valence-electron chi connectivity index (χ1n) is 6.61. The molecule has 2 aliphatic rings. The summed E-state index contributed by atoms with van der Waals surface area (Å²) in [4.78, 5) is 12.6. The Hall–Kier alpha value is -1.77. The number of hydrogen-bond acceptors (Lipinski definition) is 3. The van der Waals surface area contributed by atoms with E-state index in [0.29, 0.717) is 5.75 Å². The molecule has 19 heavy (non-hydrogen) atoms. The molecule has 0 amide bonds. The van der Waals surface area contributed by atoms with Crippen molar-refractivity contribution in [2.24, 2.45) is 5.92 Å². The van der Waals surface area contributed by atoms with Crippen LogP contribution in [0.2, 0.25) is 0 Å². The summed E-state index contributed by atoms with van der Waals surface area (Å²) in [5.41, 5.74) is 3.23. The standard InChI is InChI=1S/C16H18O3/c1-9-4-5-11-12(6-9)13-7-10(18-2)8-14(19-3)15(13)16(11)17/h4,7-8,11-12H,5-6H2,1-3H3/t11-,12+/m0/s1. The SMILES string of the molecule is COc1cc(OC)c2c(c1)[C@@H]1CC(C)=CC[C@@H]1C2=O. The van der Waals surface area contributed by atoms with Gasteiger partial charge in [-0.1, -0.05) is 11.6 Å². The molecule has 0 aliphatic heterocycles. The van der Waals surface area contributed by atoms with E-state index in [-0.39, 0.29) is 17.6 Å². The van der Waals surface area contributed by atoms with Crippen LogP contribution in [0.15, 0.2) is 23.8 Å². The molecule has 0 N–H and O–H groups in total. The van der Waals surface area contributed by atoms with Gasteiger partial charge in [-0.25, -0.2) is 0 Å². The van der Waals surface area contributed by atoms with Gasteiger partial charge in [0, 0.05) is 12.0 Å². The molecule has 0 saturated carbocycles. The average Bonchev–Trinajstić information content (AvgIpc) is 2.71. The zero-order chi connectivity index (χ0) is 13.6. The molecule has 0 radical (unpaired) electrons. The van der Waals surface area contributed by atoms with Crippen LogP contribution in [0.3, 0.4) is 0 Å². The lowest BCUT2D eigenvalue weighted by Gasteiger charge is -2.23. The summed E-state index contributed by atoms with van der Waals surface area (Å²) in [6.45, 7) is 2.14. The number of fused-ring (bicyclic) bond motifs is 3. The van der Waals surface area contributed by atoms with Gasteiger partial charge in [-0.3, -0.25) is 4.79 Å². The van der Waals surface area contributed by atoms with Crippen molar-refractivity contribution in [3.63, 3.8) is 0 Å². The minimum absolute atomic E-state index is 0.0831. The molecule has 3 nitrogen and oxygen atoms in total. The van der Waals surface area contributed by atoms with Crippen molar-refractivity contribution in [3.05, 3.63) is 34.9 Å². The Morgan fingerprint density at radius 2 is 1.95 bits per heavy atom. The third-order valence-electron chi connectivity index (χ3n) is 4.29. The first-order valence-corrected chi connectivity index (χ1v) is 6.61. The highest BCUT2D eigenvalue weighted by atomic mass is 16.5. The highest BCUT2D eigenvalue weighted by Crippen LogP contribution is 2.50. The minimum Gasteiger partial charge on any atom is -0.497 e. The molecule has 0 saturated heterocycles. The first kappa shape index (κ1) is 12.3. The van der Waals surface area contributed by atoms with Gasteiger partial charge in [0.05, 0.1) is 19.8 Å². The van der Waals surface area contributed by atoms with Gasteiger partial charge in [-0.2, -0.15) is 0 Å². The van der Waals surface area contributed by atoms with E-state index in [4.69, 9.17) is 9.47 Å². The number of hydrogen-bond donors (Lipinski definition) is 0. The van der Waals surface area contributed by atoms with E-state index < -0.39 is 0 Å². The Morgan fingerprint density at radius 1 is 1.16 bits per heavy atom. The lowest BCUT2D eigenvalue weighted by atomic mass is 9.80. The van der Waals surface area contributed by atoms with Gasteiger partial charge in [0.1, 0.15) is 11.5 Å². The third-order valence-corrected chi connectivity index (χ3v) is 4.29. The molecule has 0 aromatic heterocycles. The van der Waals surface area contributed by atoms with Crippen LogP contribution in [0.25, 0.3) is 0 Å².